The maximum absolute atomic E-state index is 12.7. The summed E-state index contributed by atoms with van der Waals surface area (Å²) in [5, 5.41) is 0. The quantitative estimate of drug-likeness (QED) is 0.809. The molecule has 0 atom stereocenters. The van der Waals surface area contributed by atoms with Gasteiger partial charge in [-0.1, -0.05) is 12.1 Å². The van der Waals surface area contributed by atoms with E-state index >= 15 is 0 Å². The first-order valence-corrected chi connectivity index (χ1v) is 6.56. The maximum Gasteiger partial charge on any atom is 0.258 e. The molecule has 1 aliphatic rings. The van der Waals surface area contributed by atoms with Crippen LogP contribution in [0.3, 0.4) is 0 Å². The average molecular weight is 268 g/mol. The molecule has 4 nitrogen and oxygen atoms in total. The van der Waals surface area contributed by atoms with Gasteiger partial charge in [-0.3, -0.25) is 4.79 Å². The van der Waals surface area contributed by atoms with Crippen molar-refractivity contribution < 1.29 is 9.53 Å². The van der Waals surface area contributed by atoms with Crippen LogP contribution in [-0.2, 0) is 0 Å². The van der Waals surface area contributed by atoms with E-state index in [-0.39, 0.29) is 5.91 Å². The lowest BCUT2D eigenvalue weighted by Gasteiger charge is -2.29. The number of nitrogen functional groups attached to an aromatic ring is 1. The van der Waals surface area contributed by atoms with Crippen molar-refractivity contribution in [3.05, 3.63) is 53.6 Å². The van der Waals surface area contributed by atoms with Crippen molar-refractivity contribution in [3.8, 4) is 5.75 Å². The Kier molecular flexibility index (Phi) is 3.06. The molecule has 3 rings (SSSR count). The van der Waals surface area contributed by atoms with Crippen molar-refractivity contribution in [2.75, 3.05) is 23.8 Å². The SMILES string of the molecule is Cc1cc(N)cc(C(=O)N2CCOc3ccccc32)c1. The summed E-state index contributed by atoms with van der Waals surface area (Å²) < 4.78 is 5.57. The van der Waals surface area contributed by atoms with E-state index in [1.807, 2.05) is 43.3 Å². The molecule has 20 heavy (non-hydrogen) atoms. The third-order valence-corrected chi connectivity index (χ3v) is 3.32. The standard InChI is InChI=1S/C16H16N2O2/c1-11-8-12(10-13(17)9-11)16(19)18-6-7-20-15-5-3-2-4-14(15)18/h2-5,8-10H,6-7,17H2,1H3. The lowest BCUT2D eigenvalue weighted by molar-refractivity contribution is 0.0976. The summed E-state index contributed by atoms with van der Waals surface area (Å²) >= 11 is 0. The minimum Gasteiger partial charge on any atom is -0.490 e. The minimum atomic E-state index is -0.0452. The van der Waals surface area contributed by atoms with E-state index in [0.29, 0.717) is 24.4 Å². The predicted molar refractivity (Wildman–Crippen MR) is 79.2 cm³/mol. The number of carbonyl (C=O) groups excluding carboxylic acids is 1. The van der Waals surface area contributed by atoms with E-state index in [1.165, 1.54) is 0 Å². The molecule has 1 amide bonds. The van der Waals surface area contributed by atoms with Crippen molar-refractivity contribution in [2.45, 2.75) is 6.92 Å². The molecule has 0 saturated heterocycles. The van der Waals surface area contributed by atoms with Crippen LogP contribution in [0.5, 0.6) is 5.75 Å². The molecule has 0 radical (unpaired) electrons. The molecular formula is C16H16N2O2. The Morgan fingerprint density at radius 2 is 2.05 bits per heavy atom. The molecular weight excluding hydrogens is 252 g/mol. The van der Waals surface area contributed by atoms with Gasteiger partial charge in [-0.15, -0.1) is 0 Å². The summed E-state index contributed by atoms with van der Waals surface area (Å²) in [7, 11) is 0. The Morgan fingerprint density at radius 3 is 2.85 bits per heavy atom. The zero-order chi connectivity index (χ0) is 14.1. The summed E-state index contributed by atoms with van der Waals surface area (Å²) in [4.78, 5) is 14.4. The number of fused-ring (bicyclic) bond motifs is 1. The molecule has 1 aliphatic heterocycles. The second-order valence-corrected chi connectivity index (χ2v) is 4.91. The molecule has 2 N–H and O–H groups in total. The van der Waals surface area contributed by atoms with Crippen LogP contribution in [0, 0.1) is 6.92 Å². The first kappa shape index (κ1) is 12.5. The molecule has 0 bridgehead atoms. The molecule has 102 valence electrons. The summed E-state index contributed by atoms with van der Waals surface area (Å²) in [6.45, 7) is 2.98. The van der Waals surface area contributed by atoms with E-state index in [2.05, 4.69) is 0 Å². The monoisotopic (exact) mass is 268 g/mol. The zero-order valence-electron chi connectivity index (χ0n) is 11.3. The number of carbonyl (C=O) groups is 1. The van der Waals surface area contributed by atoms with E-state index in [9.17, 15) is 4.79 Å². The number of nitrogens with two attached hydrogens (primary N) is 1. The highest BCUT2D eigenvalue weighted by molar-refractivity contribution is 6.07. The molecule has 0 spiro atoms. The van der Waals surface area contributed by atoms with Crippen LogP contribution in [0.1, 0.15) is 15.9 Å². The summed E-state index contributed by atoms with van der Waals surface area (Å²) in [5.74, 6) is 0.698. The van der Waals surface area contributed by atoms with Crippen LogP contribution in [0.4, 0.5) is 11.4 Å². The number of anilines is 2. The normalized spacial score (nSPS) is 13.6. The predicted octanol–water partition coefficient (Wildman–Crippen LogP) is 2.62. The fraction of sp³-hybridized carbons (Fsp3) is 0.188. The maximum atomic E-state index is 12.7. The summed E-state index contributed by atoms with van der Waals surface area (Å²) in [6.07, 6.45) is 0. The van der Waals surface area contributed by atoms with Gasteiger partial charge in [-0.25, -0.2) is 0 Å². The van der Waals surface area contributed by atoms with E-state index < -0.39 is 0 Å². The van der Waals surface area contributed by atoms with Gasteiger partial charge in [0, 0.05) is 11.3 Å². The molecule has 2 aromatic carbocycles. The number of benzene rings is 2. The van der Waals surface area contributed by atoms with Gasteiger partial charge in [0.05, 0.1) is 12.2 Å². The summed E-state index contributed by atoms with van der Waals surface area (Å²) in [5.41, 5.74) is 8.83. The average Bonchev–Trinajstić information content (AvgIpc) is 2.45. The van der Waals surface area contributed by atoms with Crippen LogP contribution >= 0.6 is 0 Å². The number of hydrogen-bond acceptors (Lipinski definition) is 3. The van der Waals surface area contributed by atoms with Gasteiger partial charge in [-0.2, -0.15) is 0 Å². The fourth-order valence-corrected chi connectivity index (χ4v) is 2.47. The zero-order valence-corrected chi connectivity index (χ0v) is 11.3. The first-order valence-electron chi connectivity index (χ1n) is 6.56. The first-order chi connectivity index (χ1) is 9.65. The number of amides is 1. The lowest BCUT2D eigenvalue weighted by Crippen LogP contribution is -2.38. The van der Waals surface area contributed by atoms with Gasteiger partial charge < -0.3 is 15.4 Å². The largest absolute Gasteiger partial charge is 0.490 e. The highest BCUT2D eigenvalue weighted by Crippen LogP contribution is 2.32. The second-order valence-electron chi connectivity index (χ2n) is 4.91. The topological polar surface area (TPSA) is 55.6 Å². The number of para-hydroxylation sites is 2. The molecule has 0 saturated carbocycles. The highest BCUT2D eigenvalue weighted by atomic mass is 16.5. The molecule has 0 aromatic heterocycles. The Bertz CT molecular complexity index is 647. The van der Waals surface area contributed by atoms with E-state index in [4.69, 9.17) is 10.5 Å². The van der Waals surface area contributed by atoms with Crippen LogP contribution in [0.25, 0.3) is 0 Å². The molecule has 0 fully saturated rings. The molecule has 2 aromatic rings. The number of rotatable bonds is 1. The van der Waals surface area contributed by atoms with Crippen molar-refractivity contribution in [2.24, 2.45) is 0 Å². The molecule has 1 heterocycles. The molecule has 4 heteroatoms. The Labute approximate surface area is 117 Å². The fourth-order valence-electron chi connectivity index (χ4n) is 2.47. The van der Waals surface area contributed by atoms with E-state index in [1.54, 1.807) is 11.0 Å². The minimum absolute atomic E-state index is 0.0452. The smallest absolute Gasteiger partial charge is 0.258 e. The third kappa shape index (κ3) is 2.20. The van der Waals surface area contributed by atoms with Crippen LogP contribution in [0.2, 0.25) is 0 Å². The lowest BCUT2D eigenvalue weighted by atomic mass is 10.1. The molecule has 0 unspecified atom stereocenters. The third-order valence-electron chi connectivity index (χ3n) is 3.32. The Hall–Kier alpha value is -2.49. The van der Waals surface area contributed by atoms with Gasteiger partial charge in [-0.05, 0) is 42.8 Å². The van der Waals surface area contributed by atoms with Gasteiger partial charge in [0.2, 0.25) is 0 Å². The van der Waals surface area contributed by atoms with Gasteiger partial charge in [0.15, 0.2) is 0 Å². The van der Waals surface area contributed by atoms with Crippen molar-refractivity contribution in [1.82, 2.24) is 0 Å². The van der Waals surface area contributed by atoms with Crippen LogP contribution < -0.4 is 15.4 Å². The van der Waals surface area contributed by atoms with Crippen LogP contribution in [-0.4, -0.2) is 19.1 Å². The Balaban J connectivity index is 1.99. The van der Waals surface area contributed by atoms with E-state index in [0.717, 1.165) is 17.0 Å². The second kappa shape index (κ2) is 4.89. The highest BCUT2D eigenvalue weighted by Gasteiger charge is 2.24. The van der Waals surface area contributed by atoms with Crippen molar-refractivity contribution in [3.63, 3.8) is 0 Å². The van der Waals surface area contributed by atoms with Gasteiger partial charge >= 0.3 is 0 Å². The van der Waals surface area contributed by atoms with Crippen molar-refractivity contribution >= 4 is 17.3 Å². The Morgan fingerprint density at radius 1 is 1.25 bits per heavy atom. The van der Waals surface area contributed by atoms with Crippen molar-refractivity contribution in [1.29, 1.82) is 0 Å². The molecule has 0 aliphatic carbocycles. The summed E-state index contributed by atoms with van der Waals surface area (Å²) in [6, 6.07) is 13.0. The van der Waals surface area contributed by atoms with Gasteiger partial charge in [0.25, 0.3) is 5.91 Å². The van der Waals surface area contributed by atoms with Crippen LogP contribution in [0.15, 0.2) is 42.5 Å². The van der Waals surface area contributed by atoms with Gasteiger partial charge in [0.1, 0.15) is 12.4 Å². The number of hydrogen-bond donors (Lipinski definition) is 1. The number of ether oxygens (including phenoxy) is 1. The number of aryl methyl sites for hydroxylation is 1. The number of nitrogens with zero attached hydrogens (tertiary/aromatic N) is 1.